The molecule has 0 saturated heterocycles. The smallest absolute Gasteiger partial charge is 0.234 e. The van der Waals surface area contributed by atoms with Gasteiger partial charge < -0.3 is 35.8 Å². The Morgan fingerprint density at radius 3 is 1.71 bits per heavy atom. The van der Waals surface area contributed by atoms with E-state index >= 15 is 0 Å². The Morgan fingerprint density at radius 2 is 1.16 bits per heavy atom. The number of aromatic hydroxyl groups is 2. The molecular weight excluding hydrogens is 957 g/mol. The van der Waals surface area contributed by atoms with Crippen molar-refractivity contribution < 1.29 is 29.7 Å². The van der Waals surface area contributed by atoms with Crippen molar-refractivity contribution in [3.05, 3.63) is 75.1 Å². The SMILES string of the molecule is C.CC1=C(O)C(=O)C=C2C1=CC=C1[C@@]2(C)CC[C@@]2(C)[C@@H]3C[C@](C)(CNC(=O)CN(C)C)CC[C@]3(C)CC[C@]12C.Cc1c(O)c(O)cc2c1C=CC1[C@@]2(C)CC[C@@]2(C)[C@@H]3C[C@](C)(CNC(=O)CN(C)C)CC[C@]3(C)CC[C@]12C. The number of carbonyl (C=O) groups is 3. The van der Waals surface area contributed by atoms with Gasteiger partial charge in [-0.3, -0.25) is 14.4 Å². The van der Waals surface area contributed by atoms with Crippen LogP contribution in [0.15, 0.2) is 58.4 Å². The first-order valence-electron chi connectivity index (χ1n) is 29.3. The van der Waals surface area contributed by atoms with Gasteiger partial charge >= 0.3 is 0 Å². The lowest BCUT2D eigenvalue weighted by atomic mass is 9.33. The highest BCUT2D eigenvalue weighted by molar-refractivity contribution is 6.06. The van der Waals surface area contributed by atoms with Gasteiger partial charge in [-0.1, -0.05) is 107 Å². The lowest BCUT2D eigenvalue weighted by Crippen LogP contribution is -2.65. The average molecular weight is 1060 g/mol. The lowest BCUT2D eigenvalue weighted by molar-refractivity contribution is -0.199. The maximum absolute atomic E-state index is 12.7. The summed E-state index contributed by atoms with van der Waals surface area (Å²) in [5, 5.41) is 37.9. The van der Waals surface area contributed by atoms with Gasteiger partial charge in [0.2, 0.25) is 17.6 Å². The number of carbonyl (C=O) groups excluding carboxylic acids is 3. The van der Waals surface area contributed by atoms with Crippen molar-refractivity contribution in [1.29, 1.82) is 0 Å². The molecule has 9 aliphatic carbocycles. The van der Waals surface area contributed by atoms with E-state index in [0.29, 0.717) is 47.2 Å². The van der Waals surface area contributed by atoms with Gasteiger partial charge in [-0.2, -0.15) is 0 Å². The van der Waals surface area contributed by atoms with Gasteiger partial charge in [0.05, 0.1) is 13.1 Å². The fraction of sp³-hybridized carbons (Fsp3) is 0.716. The number of ketones is 1. The van der Waals surface area contributed by atoms with E-state index in [0.717, 1.165) is 80.3 Å². The summed E-state index contributed by atoms with van der Waals surface area (Å²) in [6.45, 7) is 31.0. The van der Waals surface area contributed by atoms with E-state index in [1.165, 1.54) is 56.1 Å². The molecule has 13 atom stereocenters. The monoisotopic (exact) mass is 1060 g/mol. The molecule has 426 valence electrons. The van der Waals surface area contributed by atoms with E-state index in [1.807, 2.05) is 57.9 Å². The van der Waals surface area contributed by atoms with Crippen LogP contribution in [0.1, 0.15) is 190 Å². The number of nitrogens with zero attached hydrogens (tertiary/aromatic N) is 2. The molecule has 9 aliphatic rings. The number of aliphatic hydroxyl groups is 1. The van der Waals surface area contributed by atoms with Crippen LogP contribution >= 0.6 is 0 Å². The number of benzene rings is 1. The third kappa shape index (κ3) is 9.14. The second-order valence-electron chi connectivity index (χ2n) is 30.0. The van der Waals surface area contributed by atoms with Gasteiger partial charge in [0.15, 0.2) is 17.3 Å². The van der Waals surface area contributed by atoms with E-state index in [-0.39, 0.29) is 85.6 Å². The third-order valence-corrected chi connectivity index (χ3v) is 24.6. The number of phenolic OH excluding ortho intramolecular Hbond substituents is 2. The Bertz CT molecular complexity index is 2750. The topological polar surface area (TPSA) is 142 Å². The van der Waals surface area contributed by atoms with Gasteiger partial charge in [0.1, 0.15) is 0 Å². The Labute approximate surface area is 465 Å². The maximum Gasteiger partial charge on any atom is 0.234 e. The molecule has 2 amide bonds. The summed E-state index contributed by atoms with van der Waals surface area (Å²) >= 11 is 0. The van der Waals surface area contributed by atoms with Crippen LogP contribution in [0.25, 0.3) is 6.08 Å². The van der Waals surface area contributed by atoms with E-state index in [2.05, 4.69) is 104 Å². The van der Waals surface area contributed by atoms with Crippen molar-refractivity contribution >= 4 is 23.7 Å². The molecule has 0 aromatic heterocycles. The molecule has 10 nitrogen and oxygen atoms in total. The number of nitrogens with one attached hydrogen (secondary N) is 2. The van der Waals surface area contributed by atoms with Gasteiger partial charge in [0, 0.05) is 35.1 Å². The Kier molecular flexibility index (Phi) is 15.0. The zero-order valence-corrected chi connectivity index (χ0v) is 49.9. The highest BCUT2D eigenvalue weighted by atomic mass is 16.3. The number of likely N-dealkylation sites (N-methyl/N-ethyl adjacent to an activating group) is 2. The average Bonchev–Trinajstić information content (AvgIpc) is 3.39. The molecule has 0 aliphatic heterocycles. The molecule has 0 radical (unpaired) electrons. The number of aliphatic hydroxyl groups excluding tert-OH is 1. The predicted octanol–water partition coefficient (Wildman–Crippen LogP) is 13.3. The van der Waals surface area contributed by atoms with Gasteiger partial charge in [-0.25, -0.2) is 0 Å². The van der Waals surface area contributed by atoms with Crippen molar-refractivity contribution in [2.75, 3.05) is 54.4 Å². The second-order valence-corrected chi connectivity index (χ2v) is 30.0. The van der Waals surface area contributed by atoms with Crippen molar-refractivity contribution in [3.63, 3.8) is 0 Å². The van der Waals surface area contributed by atoms with Crippen LogP contribution in [-0.2, 0) is 19.8 Å². The molecule has 1 aromatic rings. The number of allylic oxidation sites excluding steroid dienone is 8. The van der Waals surface area contributed by atoms with E-state index < -0.39 is 0 Å². The highest BCUT2D eigenvalue weighted by Crippen LogP contribution is 2.77. The molecule has 0 heterocycles. The van der Waals surface area contributed by atoms with Crippen LogP contribution in [0.3, 0.4) is 0 Å². The summed E-state index contributed by atoms with van der Waals surface area (Å²) in [4.78, 5) is 41.5. The lowest BCUT2D eigenvalue weighted by Gasteiger charge is -2.71. The molecule has 0 spiro atoms. The normalized spacial score (nSPS) is 41.4. The van der Waals surface area contributed by atoms with Crippen LogP contribution in [-0.4, -0.2) is 97.1 Å². The summed E-state index contributed by atoms with van der Waals surface area (Å²) in [5.74, 6) is 1.43. The van der Waals surface area contributed by atoms with Crippen LogP contribution in [0.2, 0.25) is 0 Å². The van der Waals surface area contributed by atoms with E-state index in [1.54, 1.807) is 6.08 Å². The Hall–Kier alpha value is -4.15. The summed E-state index contributed by atoms with van der Waals surface area (Å²) in [7, 11) is 7.76. The second kappa shape index (κ2) is 19.5. The summed E-state index contributed by atoms with van der Waals surface area (Å²) in [6.07, 6.45) is 27.2. The van der Waals surface area contributed by atoms with Gasteiger partial charge in [-0.15, -0.1) is 0 Å². The number of hydrogen-bond acceptors (Lipinski definition) is 8. The van der Waals surface area contributed by atoms with Crippen LogP contribution < -0.4 is 10.6 Å². The molecule has 10 rings (SSSR count). The van der Waals surface area contributed by atoms with Crippen LogP contribution in [0.4, 0.5) is 0 Å². The summed E-state index contributed by atoms with van der Waals surface area (Å²) in [6, 6.07) is 1.85. The number of amides is 2. The predicted molar refractivity (Wildman–Crippen MR) is 313 cm³/mol. The zero-order valence-electron chi connectivity index (χ0n) is 49.9. The first kappa shape index (κ1) is 59.0. The fourth-order valence-electron chi connectivity index (χ4n) is 19.0. The summed E-state index contributed by atoms with van der Waals surface area (Å²) in [5.41, 5.74) is 8.47. The maximum atomic E-state index is 12.7. The molecule has 10 heteroatoms. The molecule has 6 fully saturated rings. The van der Waals surface area contributed by atoms with Crippen molar-refractivity contribution in [2.24, 2.45) is 66.5 Å². The van der Waals surface area contributed by atoms with Gasteiger partial charge in [-0.05, 0) is 227 Å². The first-order chi connectivity index (χ1) is 35.2. The standard InChI is InChI=1S/C33H50N2O3.C33H48N2O3.CH4/c2*1-21-22-9-10-25-31(4,23(22)17-24(36)28(21)38)14-16-33(6)26-18-29(2,20-34-27(37)19-35(7)8)11-12-30(26,3)13-15-32(25,33)5;/h9-10,17,25-26,36,38H,11-16,18-20H2,1-8H3,(H,34,37);9-10,17,26,38H,11-16,18-20H2,1-8H3,(H,34,37);1H4/t25?,26-,29-,30-,31+,32-,33+;26-,29-,30-,31+,32-,33+;/m11./s1. The Balaban J connectivity index is 0.000000201. The minimum absolute atomic E-state index is 0. The molecule has 6 saturated carbocycles. The number of phenols is 2. The van der Waals surface area contributed by atoms with Crippen molar-refractivity contribution in [3.8, 4) is 11.5 Å². The summed E-state index contributed by atoms with van der Waals surface area (Å²) < 4.78 is 0. The van der Waals surface area contributed by atoms with Crippen molar-refractivity contribution in [2.45, 2.75) is 186 Å². The molecule has 1 unspecified atom stereocenters. The minimum Gasteiger partial charge on any atom is -0.504 e. The van der Waals surface area contributed by atoms with Crippen LogP contribution in [0.5, 0.6) is 11.5 Å². The van der Waals surface area contributed by atoms with Gasteiger partial charge in [0.25, 0.3) is 0 Å². The molecule has 0 bridgehead atoms. The Morgan fingerprint density at radius 1 is 0.649 bits per heavy atom. The van der Waals surface area contributed by atoms with E-state index in [4.69, 9.17) is 0 Å². The zero-order chi connectivity index (χ0) is 55.8. The molecular formula is C67H102N4O6. The molecule has 5 N–H and O–H groups in total. The van der Waals surface area contributed by atoms with Crippen molar-refractivity contribution in [1.82, 2.24) is 20.4 Å². The van der Waals surface area contributed by atoms with Crippen LogP contribution in [0, 0.1) is 73.4 Å². The largest absolute Gasteiger partial charge is 0.504 e. The minimum atomic E-state index is -0.258. The highest BCUT2D eigenvalue weighted by Gasteiger charge is 2.69. The third-order valence-electron chi connectivity index (χ3n) is 24.6. The fourth-order valence-corrected chi connectivity index (χ4v) is 19.0. The number of rotatable bonds is 8. The quantitative estimate of drug-likeness (QED) is 0.162. The molecule has 1 aromatic carbocycles. The number of fused-ring (bicyclic) bond motifs is 14. The van der Waals surface area contributed by atoms with E-state index in [9.17, 15) is 29.7 Å². The first-order valence-corrected chi connectivity index (χ1v) is 29.3. The molecule has 77 heavy (non-hydrogen) atoms. The number of hydrogen-bond donors (Lipinski definition) is 5.